The molecule has 0 aliphatic carbocycles. The number of aromatic nitrogens is 3. The third kappa shape index (κ3) is 3.38. The summed E-state index contributed by atoms with van der Waals surface area (Å²) >= 11 is 0. The van der Waals surface area contributed by atoms with Gasteiger partial charge in [0.2, 0.25) is 5.91 Å². The molecule has 9 nitrogen and oxygen atoms in total. The van der Waals surface area contributed by atoms with E-state index >= 15 is 0 Å². The molecule has 2 heterocycles. The molecule has 2 atom stereocenters. The highest BCUT2D eigenvalue weighted by atomic mass is 16.4. The van der Waals surface area contributed by atoms with E-state index in [4.69, 9.17) is 5.73 Å². The predicted molar refractivity (Wildman–Crippen MR) is 95.7 cm³/mol. The second-order valence-corrected chi connectivity index (χ2v) is 6.40. The molecule has 2 aromatic rings. The molecule has 0 unspecified atom stereocenters. The second kappa shape index (κ2) is 7.12. The van der Waals surface area contributed by atoms with Crippen molar-refractivity contribution < 1.29 is 14.7 Å². The average Bonchev–Trinajstić information content (AvgIpc) is 3.02. The fourth-order valence-corrected chi connectivity index (χ4v) is 3.46. The number of anilines is 1. The molecule has 2 amide bonds. The van der Waals surface area contributed by atoms with Gasteiger partial charge in [-0.3, -0.25) is 9.48 Å². The van der Waals surface area contributed by atoms with E-state index in [1.807, 2.05) is 25.1 Å². The molecular weight excluding hydrogens is 336 g/mol. The monoisotopic (exact) mass is 358 g/mol. The summed E-state index contributed by atoms with van der Waals surface area (Å²) < 4.78 is 1.66. The van der Waals surface area contributed by atoms with Crippen molar-refractivity contribution in [3.05, 3.63) is 30.0 Å². The fourth-order valence-electron chi connectivity index (χ4n) is 3.46. The highest BCUT2D eigenvalue weighted by Crippen LogP contribution is 2.39. The number of hydrogen-bond acceptors (Lipinski definition) is 5. The maximum absolute atomic E-state index is 12.1. The number of carbonyl (C=O) groups is 2. The largest absolute Gasteiger partial charge is 0.465 e. The van der Waals surface area contributed by atoms with Crippen molar-refractivity contribution >= 4 is 17.7 Å². The van der Waals surface area contributed by atoms with Crippen LogP contribution in [0.3, 0.4) is 0 Å². The number of hydrogen-bond donors (Lipinski definition) is 3. The molecule has 0 spiro atoms. The molecular formula is C17H22N6O3. The maximum Gasteiger partial charge on any atom is 0.405 e. The summed E-state index contributed by atoms with van der Waals surface area (Å²) in [5.41, 5.74) is 8.48. The Morgan fingerprint density at radius 3 is 2.85 bits per heavy atom. The molecule has 3 rings (SSSR count). The van der Waals surface area contributed by atoms with Crippen LogP contribution in [0.5, 0.6) is 0 Å². The minimum atomic E-state index is -1.09. The molecule has 138 valence electrons. The van der Waals surface area contributed by atoms with Crippen LogP contribution in [-0.4, -0.2) is 44.7 Å². The summed E-state index contributed by atoms with van der Waals surface area (Å²) in [4.78, 5) is 25.0. The highest BCUT2D eigenvalue weighted by Gasteiger charge is 2.33. The Bertz CT molecular complexity index is 834. The predicted octanol–water partition coefficient (Wildman–Crippen LogP) is 1.36. The second-order valence-electron chi connectivity index (χ2n) is 6.40. The average molecular weight is 358 g/mol. The molecule has 0 radical (unpaired) electrons. The minimum absolute atomic E-state index is 0.0748. The number of carbonyl (C=O) groups excluding carboxylic acids is 1. The zero-order valence-corrected chi connectivity index (χ0v) is 14.7. The summed E-state index contributed by atoms with van der Waals surface area (Å²) in [5.74, 6) is -0.0748. The molecule has 9 heteroatoms. The van der Waals surface area contributed by atoms with Crippen LogP contribution in [0.1, 0.15) is 31.9 Å². The van der Waals surface area contributed by atoms with E-state index in [1.54, 1.807) is 15.8 Å². The normalized spacial score (nSPS) is 19.1. The number of nitrogens with zero attached hydrogens (tertiary/aromatic N) is 4. The molecule has 1 aromatic heterocycles. The van der Waals surface area contributed by atoms with E-state index in [0.29, 0.717) is 30.9 Å². The Morgan fingerprint density at radius 1 is 1.42 bits per heavy atom. The van der Waals surface area contributed by atoms with Gasteiger partial charge in [0.05, 0.1) is 18.8 Å². The third-order valence-corrected chi connectivity index (χ3v) is 4.51. The van der Waals surface area contributed by atoms with Crippen LogP contribution in [0.2, 0.25) is 0 Å². The van der Waals surface area contributed by atoms with Gasteiger partial charge in [0.25, 0.3) is 0 Å². The van der Waals surface area contributed by atoms with Crippen molar-refractivity contribution in [2.45, 2.75) is 38.9 Å². The van der Waals surface area contributed by atoms with Gasteiger partial charge >= 0.3 is 6.09 Å². The van der Waals surface area contributed by atoms with Gasteiger partial charge in [-0.2, -0.15) is 0 Å². The summed E-state index contributed by atoms with van der Waals surface area (Å²) in [5, 5.41) is 19.9. The van der Waals surface area contributed by atoms with Crippen molar-refractivity contribution in [2.75, 3.05) is 11.4 Å². The van der Waals surface area contributed by atoms with Crippen LogP contribution in [0.15, 0.2) is 24.4 Å². The lowest BCUT2D eigenvalue weighted by atomic mass is 9.90. The maximum atomic E-state index is 12.1. The summed E-state index contributed by atoms with van der Waals surface area (Å²) in [6, 6.07) is 5.07. The molecule has 1 aliphatic rings. The number of benzene rings is 1. The van der Waals surface area contributed by atoms with Crippen molar-refractivity contribution in [1.29, 1.82) is 0 Å². The van der Waals surface area contributed by atoms with Crippen LogP contribution in [0.25, 0.3) is 11.3 Å². The Hall–Kier alpha value is -2.94. The standard InChI is InChI=1S/C17H22N6O3/c1-10-7-14(19-17(25)26)13-8-12(3-4-16(13)23(10)11(2)24)15-9-22(6-5-18)21-20-15/h3-4,8-10,14,19H,5-7,18H2,1-2H3,(H,25,26)/t10-,14+/m0/s1. The highest BCUT2D eigenvalue weighted by molar-refractivity contribution is 5.94. The first-order chi connectivity index (χ1) is 12.4. The molecule has 4 N–H and O–H groups in total. The van der Waals surface area contributed by atoms with Gasteiger partial charge < -0.3 is 21.1 Å². The Morgan fingerprint density at radius 2 is 2.19 bits per heavy atom. The lowest BCUT2D eigenvalue weighted by molar-refractivity contribution is -0.117. The van der Waals surface area contributed by atoms with E-state index in [2.05, 4.69) is 15.6 Å². The first kappa shape index (κ1) is 17.9. The molecule has 0 saturated carbocycles. The number of nitrogens with two attached hydrogens (primary N) is 1. The number of fused-ring (bicyclic) bond motifs is 1. The molecule has 0 bridgehead atoms. The number of nitrogens with one attached hydrogen (secondary N) is 1. The van der Waals surface area contributed by atoms with Crippen molar-refractivity contribution in [3.8, 4) is 11.3 Å². The summed E-state index contributed by atoms with van der Waals surface area (Å²) in [6.45, 7) is 4.45. The van der Waals surface area contributed by atoms with Crippen molar-refractivity contribution in [2.24, 2.45) is 5.73 Å². The van der Waals surface area contributed by atoms with E-state index < -0.39 is 12.1 Å². The van der Waals surface area contributed by atoms with E-state index in [-0.39, 0.29) is 11.9 Å². The zero-order chi connectivity index (χ0) is 18.8. The van der Waals surface area contributed by atoms with Gasteiger partial charge in [-0.15, -0.1) is 5.10 Å². The van der Waals surface area contributed by atoms with Crippen molar-refractivity contribution in [1.82, 2.24) is 20.3 Å². The molecule has 1 aliphatic heterocycles. The fraction of sp³-hybridized carbons (Fsp3) is 0.412. The molecule has 0 saturated heterocycles. The first-order valence-corrected chi connectivity index (χ1v) is 8.44. The third-order valence-electron chi connectivity index (χ3n) is 4.51. The van der Waals surface area contributed by atoms with E-state index in [9.17, 15) is 14.7 Å². The minimum Gasteiger partial charge on any atom is -0.465 e. The number of rotatable bonds is 4. The molecule has 0 fully saturated rings. The van der Waals surface area contributed by atoms with Crippen LogP contribution in [0, 0.1) is 0 Å². The Balaban J connectivity index is 2.04. The smallest absolute Gasteiger partial charge is 0.405 e. The lowest BCUT2D eigenvalue weighted by Gasteiger charge is -2.39. The van der Waals surface area contributed by atoms with Crippen LogP contribution < -0.4 is 16.0 Å². The first-order valence-electron chi connectivity index (χ1n) is 8.44. The van der Waals surface area contributed by atoms with Crippen molar-refractivity contribution in [3.63, 3.8) is 0 Å². The van der Waals surface area contributed by atoms with Crippen LogP contribution in [-0.2, 0) is 11.3 Å². The van der Waals surface area contributed by atoms with Gasteiger partial charge in [0, 0.05) is 30.8 Å². The molecule has 1 aromatic carbocycles. The number of carboxylic acid groups (broad SMARTS) is 1. The van der Waals surface area contributed by atoms with E-state index in [0.717, 1.165) is 11.1 Å². The topological polar surface area (TPSA) is 126 Å². The van der Waals surface area contributed by atoms with Crippen LogP contribution >= 0.6 is 0 Å². The Labute approximate surface area is 150 Å². The van der Waals surface area contributed by atoms with Gasteiger partial charge in [-0.1, -0.05) is 11.3 Å². The summed E-state index contributed by atoms with van der Waals surface area (Å²) in [7, 11) is 0. The van der Waals surface area contributed by atoms with Gasteiger partial charge in [-0.25, -0.2) is 4.79 Å². The van der Waals surface area contributed by atoms with Gasteiger partial charge in [-0.05, 0) is 31.0 Å². The van der Waals surface area contributed by atoms with Gasteiger partial charge in [0.15, 0.2) is 0 Å². The SMILES string of the molecule is CC(=O)N1c2ccc(-c3cn(CCN)nn3)cc2[C@H](NC(=O)O)C[C@@H]1C. The quantitative estimate of drug-likeness (QED) is 0.757. The zero-order valence-electron chi connectivity index (χ0n) is 14.7. The Kier molecular flexibility index (Phi) is 4.90. The van der Waals surface area contributed by atoms with E-state index in [1.165, 1.54) is 6.92 Å². The van der Waals surface area contributed by atoms with Gasteiger partial charge in [0.1, 0.15) is 5.69 Å². The lowest BCUT2D eigenvalue weighted by Crippen LogP contribution is -2.45. The molecule has 26 heavy (non-hydrogen) atoms. The number of amides is 2. The summed E-state index contributed by atoms with van der Waals surface area (Å²) in [6.07, 6.45) is 1.20. The van der Waals surface area contributed by atoms with Crippen LogP contribution in [0.4, 0.5) is 10.5 Å².